The fourth-order valence-corrected chi connectivity index (χ4v) is 7.52. The fraction of sp³-hybridized carbons (Fsp3) is 0.286. The van der Waals surface area contributed by atoms with E-state index in [4.69, 9.17) is 4.74 Å². The second-order valence-electron chi connectivity index (χ2n) is 9.07. The topological polar surface area (TPSA) is 63.6 Å². The molecule has 0 fully saturated rings. The largest absolute Gasteiger partial charge is 0.462 e. The summed E-state index contributed by atoms with van der Waals surface area (Å²) in [7, 11) is 0. The molecule has 0 unspecified atom stereocenters. The second-order valence-corrected chi connectivity index (χ2v) is 11.1. The highest BCUT2D eigenvalue weighted by molar-refractivity contribution is 7.15. The third-order valence-electron chi connectivity index (χ3n) is 6.88. The van der Waals surface area contributed by atoms with E-state index < -0.39 is 5.97 Å². The van der Waals surface area contributed by atoms with E-state index in [2.05, 4.69) is 39.7 Å². The zero-order valence-electron chi connectivity index (χ0n) is 20.0. The molecule has 1 aliphatic carbocycles. The van der Waals surface area contributed by atoms with Gasteiger partial charge in [-0.25, -0.2) is 9.59 Å². The minimum absolute atomic E-state index is 0.189. The number of anilines is 1. The molecule has 2 amide bonds. The van der Waals surface area contributed by atoms with Gasteiger partial charge >= 0.3 is 12.0 Å². The summed E-state index contributed by atoms with van der Waals surface area (Å²) in [5.74, 6) is -0.396. The lowest BCUT2D eigenvalue weighted by atomic mass is 9.95. The SMILES string of the molecule is CCOC(=O)c1cccc(NC(=O)N2Cc3c(sc4c3CCCC4)-n3cccc3[C@H]2c2cccs2)c1. The molecule has 8 heteroatoms. The maximum Gasteiger partial charge on any atom is 0.338 e. The van der Waals surface area contributed by atoms with Gasteiger partial charge in [0.15, 0.2) is 0 Å². The predicted octanol–water partition coefficient (Wildman–Crippen LogP) is 6.79. The van der Waals surface area contributed by atoms with Crippen LogP contribution in [0.25, 0.3) is 5.00 Å². The van der Waals surface area contributed by atoms with E-state index in [1.165, 1.54) is 33.8 Å². The number of thiophene rings is 2. The third kappa shape index (κ3) is 4.04. The van der Waals surface area contributed by atoms with Gasteiger partial charge in [-0.3, -0.25) is 0 Å². The van der Waals surface area contributed by atoms with Crippen molar-refractivity contribution in [2.24, 2.45) is 0 Å². The average Bonchev–Trinajstić information content (AvgIpc) is 3.64. The Kier molecular flexibility index (Phi) is 6.15. The van der Waals surface area contributed by atoms with E-state index in [1.807, 2.05) is 22.3 Å². The summed E-state index contributed by atoms with van der Waals surface area (Å²) in [6, 6.07) is 14.9. The minimum atomic E-state index is -0.396. The number of carbonyl (C=O) groups excluding carboxylic acids is 2. The van der Waals surface area contributed by atoms with Gasteiger partial charge in [-0.2, -0.15) is 0 Å². The number of aryl methyl sites for hydroxylation is 1. The van der Waals surface area contributed by atoms with Gasteiger partial charge in [0.1, 0.15) is 11.0 Å². The average molecular weight is 518 g/mol. The van der Waals surface area contributed by atoms with E-state index in [-0.39, 0.29) is 12.1 Å². The van der Waals surface area contributed by atoms with Gasteiger partial charge in [-0.1, -0.05) is 12.1 Å². The van der Waals surface area contributed by atoms with Crippen molar-refractivity contribution in [1.29, 1.82) is 0 Å². The van der Waals surface area contributed by atoms with Crippen molar-refractivity contribution in [2.45, 2.75) is 45.2 Å². The number of esters is 1. The van der Waals surface area contributed by atoms with Gasteiger partial charge in [-0.15, -0.1) is 22.7 Å². The number of amides is 2. The second kappa shape index (κ2) is 9.59. The molecule has 6 rings (SSSR count). The summed E-state index contributed by atoms with van der Waals surface area (Å²) in [5.41, 5.74) is 4.77. The number of nitrogens with zero attached hydrogens (tertiary/aromatic N) is 2. The Hall–Kier alpha value is -3.36. The highest BCUT2D eigenvalue weighted by Crippen LogP contribution is 2.44. The molecule has 1 atom stereocenters. The molecule has 6 nitrogen and oxygen atoms in total. The van der Waals surface area contributed by atoms with Crippen LogP contribution in [0.15, 0.2) is 60.1 Å². The number of hydrogen-bond donors (Lipinski definition) is 1. The maximum absolute atomic E-state index is 14.0. The molecule has 0 radical (unpaired) electrons. The molecule has 4 aromatic rings. The number of benzene rings is 1. The molecule has 36 heavy (non-hydrogen) atoms. The standard InChI is InChI=1S/C28H27N3O3S2/c1-2-34-27(32)18-8-5-9-19(16-18)29-28(33)31-17-21-20-10-3-4-12-23(20)36-26(21)30-14-6-11-22(30)25(31)24-13-7-15-35-24/h5-9,11,13-16,25H,2-4,10,12,17H2,1H3,(H,29,33)/t25-/m0/s1. The van der Waals surface area contributed by atoms with Crippen LogP contribution in [0.4, 0.5) is 10.5 Å². The Morgan fingerprint density at radius 2 is 1.97 bits per heavy atom. The monoisotopic (exact) mass is 517 g/mol. The van der Waals surface area contributed by atoms with Gasteiger partial charge in [0.25, 0.3) is 0 Å². The first-order chi connectivity index (χ1) is 17.6. The number of hydrogen-bond acceptors (Lipinski definition) is 5. The molecule has 1 aliphatic heterocycles. The number of nitrogens with one attached hydrogen (secondary N) is 1. The van der Waals surface area contributed by atoms with E-state index in [1.54, 1.807) is 42.5 Å². The van der Waals surface area contributed by atoms with Crippen molar-refractivity contribution in [3.63, 3.8) is 0 Å². The van der Waals surface area contributed by atoms with Crippen LogP contribution in [0, 0.1) is 0 Å². The number of carbonyl (C=O) groups is 2. The zero-order chi connectivity index (χ0) is 24.6. The van der Waals surface area contributed by atoms with Gasteiger partial charge in [0, 0.05) is 27.2 Å². The van der Waals surface area contributed by atoms with Crippen LogP contribution in [-0.2, 0) is 24.1 Å². The molecular weight excluding hydrogens is 490 g/mol. The van der Waals surface area contributed by atoms with Crippen LogP contribution in [0.5, 0.6) is 0 Å². The lowest BCUT2D eigenvalue weighted by molar-refractivity contribution is 0.0526. The van der Waals surface area contributed by atoms with Crippen molar-refractivity contribution in [1.82, 2.24) is 9.47 Å². The normalized spacial score (nSPS) is 16.5. The van der Waals surface area contributed by atoms with E-state index in [0.717, 1.165) is 23.4 Å². The number of fused-ring (bicyclic) bond motifs is 5. The molecule has 0 spiro atoms. The Balaban J connectivity index is 1.41. The molecule has 3 aromatic heterocycles. The van der Waals surface area contributed by atoms with Gasteiger partial charge in [0.2, 0.25) is 0 Å². The Bertz CT molecular complexity index is 1420. The van der Waals surface area contributed by atoms with Crippen LogP contribution in [0.2, 0.25) is 0 Å². The summed E-state index contributed by atoms with van der Waals surface area (Å²) in [6.07, 6.45) is 6.73. The van der Waals surface area contributed by atoms with Crippen molar-refractivity contribution < 1.29 is 14.3 Å². The summed E-state index contributed by atoms with van der Waals surface area (Å²) in [4.78, 5) is 30.7. The van der Waals surface area contributed by atoms with Crippen LogP contribution < -0.4 is 5.32 Å². The van der Waals surface area contributed by atoms with Crippen LogP contribution in [0.1, 0.15) is 62.7 Å². The van der Waals surface area contributed by atoms with Crippen molar-refractivity contribution in [3.05, 3.63) is 92.2 Å². The molecule has 2 aliphatic rings. The van der Waals surface area contributed by atoms with Gasteiger partial charge < -0.3 is 19.5 Å². The smallest absolute Gasteiger partial charge is 0.338 e. The molecule has 1 aromatic carbocycles. The van der Waals surface area contributed by atoms with E-state index in [9.17, 15) is 9.59 Å². The number of urea groups is 1. The van der Waals surface area contributed by atoms with Crippen LogP contribution in [0.3, 0.4) is 0 Å². The highest BCUT2D eigenvalue weighted by Gasteiger charge is 2.36. The van der Waals surface area contributed by atoms with Crippen LogP contribution >= 0.6 is 22.7 Å². The number of aromatic nitrogens is 1. The highest BCUT2D eigenvalue weighted by atomic mass is 32.1. The van der Waals surface area contributed by atoms with Crippen molar-refractivity contribution in [3.8, 4) is 5.00 Å². The van der Waals surface area contributed by atoms with E-state index in [0.29, 0.717) is 24.4 Å². The van der Waals surface area contributed by atoms with Gasteiger partial charge in [0.05, 0.1) is 24.4 Å². The summed E-state index contributed by atoms with van der Waals surface area (Å²) < 4.78 is 7.43. The lowest BCUT2D eigenvalue weighted by Gasteiger charge is -2.30. The molecule has 4 heterocycles. The van der Waals surface area contributed by atoms with Crippen LogP contribution in [-0.4, -0.2) is 28.1 Å². The Morgan fingerprint density at radius 1 is 1.08 bits per heavy atom. The predicted molar refractivity (Wildman–Crippen MR) is 143 cm³/mol. The first kappa shape index (κ1) is 23.1. The van der Waals surface area contributed by atoms with E-state index >= 15 is 0 Å². The quantitative estimate of drug-likeness (QED) is 0.303. The zero-order valence-corrected chi connectivity index (χ0v) is 21.7. The van der Waals surface area contributed by atoms with Gasteiger partial charge in [-0.05, 0) is 79.9 Å². The Morgan fingerprint density at radius 3 is 2.81 bits per heavy atom. The third-order valence-corrected chi connectivity index (χ3v) is 9.14. The molecule has 0 bridgehead atoms. The number of rotatable bonds is 4. The molecular formula is C28H27N3O3S2. The fourth-order valence-electron chi connectivity index (χ4n) is 5.27. The number of ether oxygens (including phenoxy) is 1. The summed E-state index contributed by atoms with van der Waals surface area (Å²) in [5, 5.41) is 6.37. The molecule has 0 saturated carbocycles. The molecule has 184 valence electrons. The lowest BCUT2D eigenvalue weighted by Crippen LogP contribution is -2.37. The molecule has 0 saturated heterocycles. The minimum Gasteiger partial charge on any atom is -0.462 e. The maximum atomic E-state index is 14.0. The Labute approximate surface area is 218 Å². The summed E-state index contributed by atoms with van der Waals surface area (Å²) in [6.45, 7) is 2.62. The summed E-state index contributed by atoms with van der Waals surface area (Å²) >= 11 is 3.54. The van der Waals surface area contributed by atoms with Crippen molar-refractivity contribution in [2.75, 3.05) is 11.9 Å². The first-order valence-corrected chi connectivity index (χ1v) is 14.0. The molecule has 1 N–H and O–H groups in total. The van der Waals surface area contributed by atoms with Crippen molar-refractivity contribution >= 4 is 40.4 Å². The first-order valence-electron chi connectivity index (χ1n) is 12.3.